The maximum absolute atomic E-state index is 11.8. The minimum absolute atomic E-state index is 0.167. The molecule has 18 heavy (non-hydrogen) atoms. The van der Waals surface area contributed by atoms with E-state index in [1.165, 1.54) is 0 Å². The van der Waals surface area contributed by atoms with E-state index in [9.17, 15) is 9.59 Å². The van der Waals surface area contributed by atoms with E-state index in [4.69, 9.17) is 17.0 Å². The molecule has 1 aliphatic heterocycles. The summed E-state index contributed by atoms with van der Waals surface area (Å²) in [6, 6.07) is 0. The molecule has 1 aromatic heterocycles. The van der Waals surface area contributed by atoms with Crippen LogP contribution in [0.4, 0.5) is 4.79 Å². The molecule has 6 nitrogen and oxygen atoms in total. The summed E-state index contributed by atoms with van der Waals surface area (Å²) < 4.78 is 5.28. The van der Waals surface area contributed by atoms with Crippen LogP contribution in [0, 0.1) is 4.77 Å². The fraction of sp³-hybridized carbons (Fsp3) is 0.545. The first-order chi connectivity index (χ1) is 8.61. The van der Waals surface area contributed by atoms with Crippen molar-refractivity contribution < 1.29 is 9.53 Å². The summed E-state index contributed by atoms with van der Waals surface area (Å²) in [4.78, 5) is 30.6. The molecule has 2 N–H and O–H groups in total. The van der Waals surface area contributed by atoms with Crippen molar-refractivity contribution in [3.8, 4) is 0 Å². The number of aromatic nitrogens is 2. The Labute approximate surface area is 109 Å². The molecule has 98 valence electrons. The van der Waals surface area contributed by atoms with Gasteiger partial charge in [0.25, 0.3) is 5.56 Å². The Morgan fingerprint density at radius 3 is 2.83 bits per heavy atom. The van der Waals surface area contributed by atoms with E-state index in [0.29, 0.717) is 42.9 Å². The van der Waals surface area contributed by atoms with Gasteiger partial charge < -0.3 is 14.6 Å². The molecule has 0 atom stereocenters. The molecular weight excluding hydrogens is 254 g/mol. The van der Waals surface area contributed by atoms with Gasteiger partial charge in [-0.25, -0.2) is 4.79 Å². The topological polar surface area (TPSA) is 78.2 Å². The number of amides is 1. The van der Waals surface area contributed by atoms with Crippen LogP contribution in [0.15, 0.2) is 4.79 Å². The molecule has 1 amide bonds. The third kappa shape index (κ3) is 2.61. The lowest BCUT2D eigenvalue weighted by Gasteiger charge is -2.18. The van der Waals surface area contributed by atoms with E-state index in [1.54, 1.807) is 11.8 Å². The minimum Gasteiger partial charge on any atom is -0.450 e. The average molecular weight is 269 g/mol. The zero-order chi connectivity index (χ0) is 13.1. The van der Waals surface area contributed by atoms with Gasteiger partial charge in [-0.1, -0.05) is 0 Å². The standard InChI is InChI=1S/C11H15N3O3S/c1-2-17-11(16)14-5-3-7-8(4-6-14)12-10(18)13-9(7)15/h2-6H2,1H3,(H2,12,13,15,18). The first-order valence-corrected chi connectivity index (χ1v) is 6.28. The molecular formula is C11H15N3O3S. The van der Waals surface area contributed by atoms with Crippen molar-refractivity contribution in [1.29, 1.82) is 0 Å². The van der Waals surface area contributed by atoms with Crippen LogP contribution in [-0.2, 0) is 17.6 Å². The van der Waals surface area contributed by atoms with Gasteiger partial charge in [-0.2, -0.15) is 0 Å². The van der Waals surface area contributed by atoms with Crippen molar-refractivity contribution in [2.24, 2.45) is 0 Å². The lowest BCUT2D eigenvalue weighted by atomic mass is 10.1. The van der Waals surface area contributed by atoms with Crippen LogP contribution in [0.3, 0.4) is 0 Å². The summed E-state index contributed by atoms with van der Waals surface area (Å²) >= 11 is 4.94. The van der Waals surface area contributed by atoms with Crippen molar-refractivity contribution in [2.75, 3.05) is 19.7 Å². The summed E-state index contributed by atoms with van der Waals surface area (Å²) in [5, 5.41) is 0. The number of hydrogen-bond donors (Lipinski definition) is 2. The third-order valence-electron chi connectivity index (χ3n) is 2.92. The molecule has 0 aliphatic carbocycles. The van der Waals surface area contributed by atoms with Crippen LogP contribution in [0.5, 0.6) is 0 Å². The predicted molar refractivity (Wildman–Crippen MR) is 68.3 cm³/mol. The summed E-state index contributed by atoms with van der Waals surface area (Å²) in [7, 11) is 0. The van der Waals surface area contributed by atoms with Gasteiger partial charge in [0.1, 0.15) is 0 Å². The average Bonchev–Trinajstić information content (AvgIpc) is 2.52. The van der Waals surface area contributed by atoms with Crippen molar-refractivity contribution in [3.63, 3.8) is 0 Å². The van der Waals surface area contributed by atoms with E-state index >= 15 is 0 Å². The number of carbonyl (C=O) groups excluding carboxylic acids is 1. The fourth-order valence-electron chi connectivity index (χ4n) is 2.04. The highest BCUT2D eigenvalue weighted by Crippen LogP contribution is 2.10. The van der Waals surface area contributed by atoms with Crippen molar-refractivity contribution >= 4 is 18.3 Å². The van der Waals surface area contributed by atoms with E-state index in [-0.39, 0.29) is 11.7 Å². The van der Waals surface area contributed by atoms with Crippen LogP contribution < -0.4 is 5.56 Å². The molecule has 2 heterocycles. The number of nitrogens with one attached hydrogen (secondary N) is 2. The molecule has 0 spiro atoms. The Kier molecular flexibility index (Phi) is 3.81. The second-order valence-electron chi connectivity index (χ2n) is 4.05. The van der Waals surface area contributed by atoms with Crippen molar-refractivity contribution in [3.05, 3.63) is 26.4 Å². The first kappa shape index (κ1) is 12.8. The van der Waals surface area contributed by atoms with Crippen molar-refractivity contribution in [2.45, 2.75) is 19.8 Å². The SMILES string of the molecule is CCOC(=O)N1CCc2[nH]c(=S)[nH]c(=O)c2CC1. The molecule has 0 radical (unpaired) electrons. The van der Waals surface area contributed by atoms with Gasteiger partial charge in [-0.3, -0.25) is 9.78 Å². The van der Waals surface area contributed by atoms with Gasteiger partial charge in [0, 0.05) is 30.8 Å². The number of carbonyl (C=O) groups is 1. The molecule has 7 heteroatoms. The van der Waals surface area contributed by atoms with Crippen molar-refractivity contribution in [1.82, 2.24) is 14.9 Å². The third-order valence-corrected chi connectivity index (χ3v) is 3.12. The lowest BCUT2D eigenvalue weighted by Crippen LogP contribution is -2.33. The van der Waals surface area contributed by atoms with Gasteiger partial charge in [-0.05, 0) is 25.6 Å². The molecule has 1 aromatic rings. The quantitative estimate of drug-likeness (QED) is 0.745. The Morgan fingerprint density at radius 1 is 1.39 bits per heavy atom. The number of nitrogens with zero attached hydrogens (tertiary/aromatic N) is 1. The van der Waals surface area contributed by atoms with Gasteiger partial charge in [0.05, 0.1) is 6.61 Å². The van der Waals surface area contributed by atoms with Gasteiger partial charge in [0.15, 0.2) is 4.77 Å². The zero-order valence-corrected chi connectivity index (χ0v) is 10.9. The van der Waals surface area contributed by atoms with Crippen LogP contribution >= 0.6 is 12.2 Å². The maximum atomic E-state index is 11.8. The summed E-state index contributed by atoms with van der Waals surface area (Å²) in [5.74, 6) is 0. The summed E-state index contributed by atoms with van der Waals surface area (Å²) in [6.45, 7) is 3.14. The highest BCUT2D eigenvalue weighted by Gasteiger charge is 2.21. The highest BCUT2D eigenvalue weighted by atomic mass is 32.1. The van der Waals surface area contributed by atoms with Crippen LogP contribution in [-0.4, -0.2) is 40.7 Å². The summed E-state index contributed by atoms with van der Waals surface area (Å²) in [6.07, 6.45) is 0.762. The number of fused-ring (bicyclic) bond motifs is 1. The van der Waals surface area contributed by atoms with Gasteiger partial charge in [-0.15, -0.1) is 0 Å². The Bertz CT molecular complexity index is 563. The van der Waals surface area contributed by atoms with E-state index in [2.05, 4.69) is 9.97 Å². The van der Waals surface area contributed by atoms with Gasteiger partial charge >= 0.3 is 6.09 Å². The number of ether oxygens (including phenoxy) is 1. The van der Waals surface area contributed by atoms with E-state index in [1.807, 2.05) is 0 Å². The van der Waals surface area contributed by atoms with Crippen LogP contribution in [0.2, 0.25) is 0 Å². The highest BCUT2D eigenvalue weighted by molar-refractivity contribution is 7.71. The van der Waals surface area contributed by atoms with E-state index < -0.39 is 0 Å². The maximum Gasteiger partial charge on any atom is 0.409 e. The zero-order valence-electron chi connectivity index (χ0n) is 10.1. The fourth-order valence-corrected chi connectivity index (χ4v) is 2.26. The Balaban J connectivity index is 2.22. The molecule has 0 unspecified atom stereocenters. The number of rotatable bonds is 1. The molecule has 0 bridgehead atoms. The monoisotopic (exact) mass is 269 g/mol. The molecule has 0 fully saturated rings. The largest absolute Gasteiger partial charge is 0.450 e. The van der Waals surface area contributed by atoms with E-state index in [0.717, 1.165) is 5.69 Å². The molecule has 0 saturated heterocycles. The number of aromatic amines is 2. The Morgan fingerprint density at radius 2 is 2.11 bits per heavy atom. The predicted octanol–water partition coefficient (Wildman–Crippen LogP) is 0.990. The molecule has 0 saturated carbocycles. The second kappa shape index (κ2) is 5.34. The normalized spacial score (nSPS) is 14.8. The summed E-state index contributed by atoms with van der Waals surface area (Å²) in [5.41, 5.74) is 1.32. The minimum atomic E-state index is -0.333. The van der Waals surface area contributed by atoms with Gasteiger partial charge in [0.2, 0.25) is 0 Å². The van der Waals surface area contributed by atoms with Crippen LogP contribution in [0.25, 0.3) is 0 Å². The number of H-pyrrole nitrogens is 2. The lowest BCUT2D eigenvalue weighted by molar-refractivity contribution is 0.109. The van der Waals surface area contributed by atoms with Crippen LogP contribution in [0.1, 0.15) is 18.2 Å². The molecule has 2 rings (SSSR count). The second-order valence-corrected chi connectivity index (χ2v) is 4.46. The molecule has 0 aromatic carbocycles. The smallest absolute Gasteiger partial charge is 0.409 e. The Hall–Kier alpha value is -1.63. The number of hydrogen-bond acceptors (Lipinski definition) is 4. The molecule has 1 aliphatic rings. The first-order valence-electron chi connectivity index (χ1n) is 5.88.